The number of nitrogens with one attached hydrogen (secondary N) is 1. The highest BCUT2D eigenvalue weighted by atomic mass is 19.4. The molecule has 2 saturated heterocycles. The largest absolute Gasteiger partial charge is 0.573 e. The van der Waals surface area contributed by atoms with E-state index in [1.807, 2.05) is 29.2 Å². The number of hydrogen-bond acceptors (Lipinski definition) is 5. The van der Waals surface area contributed by atoms with E-state index in [2.05, 4.69) is 15.0 Å². The van der Waals surface area contributed by atoms with Crippen LogP contribution in [0.1, 0.15) is 41.6 Å². The number of halogens is 3. The summed E-state index contributed by atoms with van der Waals surface area (Å²) in [6, 6.07) is 13.3. The first kappa shape index (κ1) is 26.3. The molecule has 1 saturated carbocycles. The third-order valence-electron chi connectivity index (χ3n) is 7.81. The SMILES string of the molecule is O=C(CCc1ccc(OC(F)(F)F)cc1)NC1CCCC12CN(C(=O)c1cccc(N3CCOCC3)c1)C2. The predicted molar refractivity (Wildman–Crippen MR) is 135 cm³/mol. The Hall–Kier alpha value is -3.27. The number of rotatable bonds is 7. The number of carbonyl (C=O) groups excluding carboxylic acids is 2. The molecular formula is C28H32F3N3O4. The fourth-order valence-electron chi connectivity index (χ4n) is 5.82. The maximum atomic E-state index is 13.2. The quantitative estimate of drug-likeness (QED) is 0.581. The van der Waals surface area contributed by atoms with Gasteiger partial charge < -0.3 is 24.6 Å². The van der Waals surface area contributed by atoms with E-state index in [1.54, 1.807) is 0 Å². The number of alkyl halides is 3. The van der Waals surface area contributed by atoms with Crippen LogP contribution in [0.25, 0.3) is 0 Å². The molecule has 7 nitrogen and oxygen atoms in total. The molecule has 3 fully saturated rings. The molecule has 2 aliphatic heterocycles. The van der Waals surface area contributed by atoms with Crippen molar-refractivity contribution in [1.82, 2.24) is 10.2 Å². The average molecular weight is 532 g/mol. The van der Waals surface area contributed by atoms with Crippen LogP contribution in [0.4, 0.5) is 18.9 Å². The van der Waals surface area contributed by atoms with Crippen LogP contribution in [0, 0.1) is 5.41 Å². The molecule has 2 aromatic rings. The van der Waals surface area contributed by atoms with Crippen LogP contribution in [-0.4, -0.2) is 68.5 Å². The van der Waals surface area contributed by atoms with Crippen molar-refractivity contribution in [1.29, 1.82) is 0 Å². The second kappa shape index (κ2) is 10.8. The van der Waals surface area contributed by atoms with Crippen LogP contribution >= 0.6 is 0 Å². The highest BCUT2D eigenvalue weighted by Gasteiger charge is 2.53. The minimum absolute atomic E-state index is 0.0145. The Bertz CT molecular complexity index is 1140. The summed E-state index contributed by atoms with van der Waals surface area (Å²) in [4.78, 5) is 30.0. The fraction of sp³-hybridized carbons (Fsp3) is 0.500. The molecule has 2 aromatic carbocycles. The zero-order chi connectivity index (χ0) is 26.8. The number of carbonyl (C=O) groups is 2. The van der Waals surface area contributed by atoms with Gasteiger partial charge in [-0.25, -0.2) is 0 Å². The maximum Gasteiger partial charge on any atom is 0.573 e. The summed E-state index contributed by atoms with van der Waals surface area (Å²) in [6.07, 6.45) is -1.22. The van der Waals surface area contributed by atoms with Crippen LogP contribution in [0.2, 0.25) is 0 Å². The van der Waals surface area contributed by atoms with Crippen molar-refractivity contribution in [3.63, 3.8) is 0 Å². The summed E-state index contributed by atoms with van der Waals surface area (Å²) in [7, 11) is 0. The van der Waals surface area contributed by atoms with E-state index in [0.717, 1.165) is 43.6 Å². The first-order chi connectivity index (χ1) is 18.2. The summed E-state index contributed by atoms with van der Waals surface area (Å²) in [5.74, 6) is -0.356. The second-order valence-corrected chi connectivity index (χ2v) is 10.4. The van der Waals surface area contributed by atoms with Gasteiger partial charge in [-0.05, 0) is 55.2 Å². The van der Waals surface area contributed by atoms with Crippen molar-refractivity contribution in [2.45, 2.75) is 44.5 Å². The van der Waals surface area contributed by atoms with Crippen molar-refractivity contribution in [3.8, 4) is 5.75 Å². The Morgan fingerprint density at radius 1 is 1.08 bits per heavy atom. The molecule has 1 aliphatic carbocycles. The summed E-state index contributed by atoms with van der Waals surface area (Å²) in [6.45, 7) is 4.23. The van der Waals surface area contributed by atoms with Crippen molar-refractivity contribution >= 4 is 17.5 Å². The van der Waals surface area contributed by atoms with Crippen molar-refractivity contribution in [2.24, 2.45) is 5.41 Å². The van der Waals surface area contributed by atoms with Gasteiger partial charge in [0.25, 0.3) is 5.91 Å². The number of anilines is 1. The van der Waals surface area contributed by atoms with Crippen LogP contribution in [0.5, 0.6) is 5.75 Å². The molecule has 2 amide bonds. The lowest BCUT2D eigenvalue weighted by molar-refractivity contribution is -0.274. The second-order valence-electron chi connectivity index (χ2n) is 10.4. The molecule has 10 heteroatoms. The van der Waals surface area contributed by atoms with Gasteiger partial charge in [-0.15, -0.1) is 13.2 Å². The van der Waals surface area contributed by atoms with Crippen LogP contribution in [0.15, 0.2) is 48.5 Å². The van der Waals surface area contributed by atoms with E-state index < -0.39 is 6.36 Å². The molecule has 1 spiro atoms. The molecule has 0 aromatic heterocycles. The third-order valence-corrected chi connectivity index (χ3v) is 7.81. The summed E-state index contributed by atoms with van der Waals surface area (Å²) < 4.78 is 46.3. The number of nitrogens with zero attached hydrogens (tertiary/aromatic N) is 2. The maximum absolute atomic E-state index is 13.2. The van der Waals surface area contributed by atoms with Gasteiger partial charge in [-0.2, -0.15) is 0 Å². The third kappa shape index (κ3) is 6.06. The monoisotopic (exact) mass is 531 g/mol. The number of likely N-dealkylation sites (tertiary alicyclic amines) is 1. The first-order valence-electron chi connectivity index (χ1n) is 13.1. The molecule has 5 rings (SSSR count). The van der Waals surface area contributed by atoms with Crippen LogP contribution < -0.4 is 15.0 Å². The van der Waals surface area contributed by atoms with Crippen molar-refractivity contribution in [2.75, 3.05) is 44.3 Å². The van der Waals surface area contributed by atoms with Crippen LogP contribution in [0.3, 0.4) is 0 Å². The molecule has 0 bridgehead atoms. The van der Waals surface area contributed by atoms with Crippen LogP contribution in [-0.2, 0) is 16.0 Å². The number of hydrogen-bond donors (Lipinski definition) is 1. The van der Waals surface area contributed by atoms with E-state index in [1.165, 1.54) is 24.3 Å². The van der Waals surface area contributed by atoms with Gasteiger partial charge in [0.2, 0.25) is 5.91 Å². The average Bonchev–Trinajstić information content (AvgIpc) is 3.30. The molecule has 38 heavy (non-hydrogen) atoms. The standard InChI is InChI=1S/C28H32F3N3O4/c29-28(30,31)38-23-9-6-20(7-10-23)8-11-25(35)32-24-5-2-12-27(24)18-34(19-27)26(36)21-3-1-4-22(17-21)33-13-15-37-16-14-33/h1,3-4,6-7,9-10,17,24H,2,5,8,11-16,18-19H2,(H,32,35). The first-order valence-corrected chi connectivity index (χ1v) is 13.1. The molecule has 1 unspecified atom stereocenters. The van der Waals surface area contributed by atoms with Gasteiger partial charge in [-0.1, -0.05) is 24.6 Å². The lowest BCUT2D eigenvalue weighted by Gasteiger charge is -2.51. The Morgan fingerprint density at radius 3 is 2.53 bits per heavy atom. The number of morpholine rings is 1. The number of ether oxygens (including phenoxy) is 2. The lowest BCUT2D eigenvalue weighted by atomic mass is 9.74. The molecule has 1 atom stereocenters. The van der Waals surface area contributed by atoms with E-state index in [-0.39, 0.29) is 35.4 Å². The van der Waals surface area contributed by atoms with Gasteiger partial charge in [0.05, 0.1) is 13.2 Å². The van der Waals surface area contributed by atoms with Crippen molar-refractivity contribution in [3.05, 3.63) is 59.7 Å². The minimum atomic E-state index is -4.73. The van der Waals surface area contributed by atoms with Gasteiger partial charge in [0, 0.05) is 55.3 Å². The fourth-order valence-corrected chi connectivity index (χ4v) is 5.82. The summed E-state index contributed by atoms with van der Waals surface area (Å²) in [5.41, 5.74) is 2.37. The lowest BCUT2D eigenvalue weighted by Crippen LogP contribution is -2.64. The number of benzene rings is 2. The zero-order valence-corrected chi connectivity index (χ0v) is 21.1. The van der Waals surface area contributed by atoms with Gasteiger partial charge in [-0.3, -0.25) is 9.59 Å². The molecule has 0 radical (unpaired) electrons. The predicted octanol–water partition coefficient (Wildman–Crippen LogP) is 4.17. The van der Waals surface area contributed by atoms with E-state index in [9.17, 15) is 22.8 Å². The zero-order valence-electron chi connectivity index (χ0n) is 21.1. The Balaban J connectivity index is 1.12. The molecule has 2 heterocycles. The number of amides is 2. The van der Waals surface area contributed by atoms with E-state index in [0.29, 0.717) is 38.3 Å². The highest BCUT2D eigenvalue weighted by Crippen LogP contribution is 2.46. The molecule has 204 valence electrons. The minimum Gasteiger partial charge on any atom is -0.406 e. The van der Waals surface area contributed by atoms with Gasteiger partial charge >= 0.3 is 6.36 Å². The van der Waals surface area contributed by atoms with E-state index >= 15 is 0 Å². The summed E-state index contributed by atoms with van der Waals surface area (Å²) in [5, 5.41) is 3.17. The normalized spacial score (nSPS) is 20.8. The smallest absolute Gasteiger partial charge is 0.406 e. The highest BCUT2D eigenvalue weighted by molar-refractivity contribution is 5.96. The molecular weight excluding hydrogens is 499 g/mol. The Kier molecular flexibility index (Phi) is 7.52. The van der Waals surface area contributed by atoms with Gasteiger partial charge in [0.15, 0.2) is 0 Å². The summed E-state index contributed by atoms with van der Waals surface area (Å²) >= 11 is 0. The van der Waals surface area contributed by atoms with E-state index in [4.69, 9.17) is 4.74 Å². The molecule has 3 aliphatic rings. The topological polar surface area (TPSA) is 71.1 Å². The molecule has 1 N–H and O–H groups in total. The van der Waals surface area contributed by atoms with Gasteiger partial charge in [0.1, 0.15) is 5.75 Å². The number of aryl methyl sites for hydroxylation is 1. The van der Waals surface area contributed by atoms with Crippen molar-refractivity contribution < 1.29 is 32.2 Å². The Labute approximate surface area is 219 Å². The Morgan fingerprint density at radius 2 is 1.82 bits per heavy atom.